The number of rotatable bonds is 6. The predicted molar refractivity (Wildman–Crippen MR) is 105 cm³/mol. The Balaban J connectivity index is 1.89. The molecule has 0 radical (unpaired) electrons. The minimum absolute atomic E-state index is 0.0414. The summed E-state index contributed by atoms with van der Waals surface area (Å²) in [5, 5.41) is 9.45. The van der Waals surface area contributed by atoms with Gasteiger partial charge in [-0.05, 0) is 37.6 Å². The topological polar surface area (TPSA) is 71.7 Å². The van der Waals surface area contributed by atoms with Crippen LogP contribution < -0.4 is 0 Å². The highest BCUT2D eigenvalue weighted by atomic mass is 16.4. The average Bonchev–Trinajstić information content (AvgIpc) is 2.96. The van der Waals surface area contributed by atoms with Gasteiger partial charge in [0.2, 0.25) is 0 Å². The molecule has 0 atom stereocenters. The van der Waals surface area contributed by atoms with Crippen molar-refractivity contribution < 1.29 is 14.7 Å². The Labute approximate surface area is 157 Å². The molecule has 3 aromatic rings. The van der Waals surface area contributed by atoms with E-state index in [1.54, 1.807) is 41.1 Å². The number of aliphatic imine (C=N–C) groups is 1. The van der Waals surface area contributed by atoms with Gasteiger partial charge < -0.3 is 9.67 Å². The predicted octanol–water partition coefficient (Wildman–Crippen LogP) is 4.09. The number of ketones is 1. The van der Waals surface area contributed by atoms with Gasteiger partial charge >= 0.3 is 5.97 Å². The van der Waals surface area contributed by atoms with Gasteiger partial charge in [0.15, 0.2) is 5.78 Å². The van der Waals surface area contributed by atoms with Crippen LogP contribution in [0.25, 0.3) is 5.69 Å². The van der Waals surface area contributed by atoms with Crippen LogP contribution in [-0.4, -0.2) is 34.2 Å². The number of hydrogen-bond acceptors (Lipinski definition) is 3. The van der Waals surface area contributed by atoms with Gasteiger partial charge in [0.25, 0.3) is 0 Å². The van der Waals surface area contributed by atoms with Crippen LogP contribution >= 0.6 is 0 Å². The standard InChI is InChI=1S/C22H20N2O3/c1-15-12-19(21(25)14-23-13-17-8-4-3-5-9-17)16(2)24(15)20-11-7-6-10-18(20)22(26)27/h3-13H,14H2,1-2H3,(H,26,27). The Bertz CT molecular complexity index is 1020. The summed E-state index contributed by atoms with van der Waals surface area (Å²) >= 11 is 0. The zero-order valence-electron chi connectivity index (χ0n) is 15.2. The van der Waals surface area contributed by atoms with Crippen LogP contribution in [0.5, 0.6) is 0 Å². The lowest BCUT2D eigenvalue weighted by Gasteiger charge is -2.12. The molecule has 2 aromatic carbocycles. The Hall–Kier alpha value is -3.47. The molecule has 0 bridgehead atoms. The highest BCUT2D eigenvalue weighted by molar-refractivity contribution is 6.00. The minimum atomic E-state index is -1.00. The summed E-state index contributed by atoms with van der Waals surface area (Å²) in [6.45, 7) is 3.72. The summed E-state index contributed by atoms with van der Waals surface area (Å²) in [6.07, 6.45) is 1.68. The maximum absolute atomic E-state index is 12.6. The van der Waals surface area contributed by atoms with E-state index in [2.05, 4.69) is 4.99 Å². The second-order valence-electron chi connectivity index (χ2n) is 6.25. The van der Waals surface area contributed by atoms with Gasteiger partial charge in [0.05, 0.1) is 11.3 Å². The van der Waals surface area contributed by atoms with E-state index in [1.165, 1.54) is 0 Å². The van der Waals surface area contributed by atoms with Crippen LogP contribution in [0.2, 0.25) is 0 Å². The first-order valence-corrected chi connectivity index (χ1v) is 8.58. The van der Waals surface area contributed by atoms with Crippen molar-refractivity contribution in [3.05, 3.63) is 88.7 Å². The van der Waals surface area contributed by atoms with E-state index in [0.29, 0.717) is 16.9 Å². The molecule has 0 unspecified atom stereocenters. The zero-order valence-corrected chi connectivity index (χ0v) is 15.2. The van der Waals surface area contributed by atoms with Gasteiger partial charge in [-0.25, -0.2) is 4.79 Å². The van der Waals surface area contributed by atoms with Crippen LogP contribution in [0.3, 0.4) is 0 Å². The third kappa shape index (κ3) is 3.87. The lowest BCUT2D eigenvalue weighted by atomic mass is 10.1. The number of carbonyl (C=O) groups is 2. The molecule has 1 aromatic heterocycles. The van der Waals surface area contributed by atoms with E-state index in [9.17, 15) is 14.7 Å². The SMILES string of the molecule is Cc1cc(C(=O)CN=Cc2ccccc2)c(C)n1-c1ccccc1C(=O)O. The van der Waals surface area contributed by atoms with Crippen LogP contribution in [0.15, 0.2) is 65.7 Å². The van der Waals surface area contributed by atoms with E-state index in [4.69, 9.17) is 0 Å². The van der Waals surface area contributed by atoms with E-state index >= 15 is 0 Å². The number of para-hydroxylation sites is 1. The summed E-state index contributed by atoms with van der Waals surface area (Å²) in [7, 11) is 0. The first-order valence-electron chi connectivity index (χ1n) is 8.58. The molecule has 0 aliphatic rings. The Morgan fingerprint density at radius 3 is 2.37 bits per heavy atom. The first-order chi connectivity index (χ1) is 13.0. The summed E-state index contributed by atoms with van der Waals surface area (Å²) in [5.41, 5.74) is 3.74. The Morgan fingerprint density at radius 1 is 1.00 bits per heavy atom. The number of carbonyl (C=O) groups excluding carboxylic acids is 1. The molecule has 0 aliphatic heterocycles. The molecule has 1 heterocycles. The maximum atomic E-state index is 12.6. The largest absolute Gasteiger partial charge is 0.478 e. The van der Waals surface area contributed by atoms with E-state index in [1.807, 2.05) is 44.2 Å². The van der Waals surface area contributed by atoms with Crippen molar-refractivity contribution in [2.75, 3.05) is 6.54 Å². The number of carboxylic acid groups (broad SMARTS) is 1. The van der Waals surface area contributed by atoms with Crippen molar-refractivity contribution in [3.63, 3.8) is 0 Å². The number of aromatic carboxylic acids is 1. The number of hydrogen-bond donors (Lipinski definition) is 1. The first kappa shape index (κ1) is 18.3. The Morgan fingerprint density at radius 2 is 1.67 bits per heavy atom. The molecular weight excluding hydrogens is 340 g/mol. The third-order valence-corrected chi connectivity index (χ3v) is 4.38. The van der Waals surface area contributed by atoms with Gasteiger partial charge in [-0.1, -0.05) is 42.5 Å². The monoisotopic (exact) mass is 360 g/mol. The fraction of sp³-hybridized carbons (Fsp3) is 0.136. The van der Waals surface area contributed by atoms with Crippen LogP contribution in [0.4, 0.5) is 0 Å². The van der Waals surface area contributed by atoms with Crippen LogP contribution in [0, 0.1) is 13.8 Å². The normalized spacial score (nSPS) is 11.0. The molecule has 0 spiro atoms. The number of Topliss-reactive ketones (excluding diaryl/α,β-unsaturated/α-hetero) is 1. The second-order valence-corrected chi connectivity index (χ2v) is 6.25. The number of aromatic nitrogens is 1. The van der Waals surface area contributed by atoms with Crippen molar-refractivity contribution >= 4 is 18.0 Å². The molecular formula is C22H20N2O3. The lowest BCUT2D eigenvalue weighted by Crippen LogP contribution is -2.09. The molecule has 136 valence electrons. The van der Waals surface area contributed by atoms with E-state index < -0.39 is 5.97 Å². The van der Waals surface area contributed by atoms with E-state index in [0.717, 1.165) is 11.3 Å². The fourth-order valence-electron chi connectivity index (χ4n) is 3.12. The van der Waals surface area contributed by atoms with Gasteiger partial charge in [0.1, 0.15) is 6.54 Å². The number of nitrogens with zero attached hydrogens (tertiary/aromatic N) is 2. The molecule has 1 N–H and O–H groups in total. The molecule has 5 heteroatoms. The van der Waals surface area contributed by atoms with Gasteiger partial charge in [-0.3, -0.25) is 9.79 Å². The zero-order chi connectivity index (χ0) is 19.4. The molecule has 0 saturated heterocycles. The van der Waals surface area contributed by atoms with Crippen molar-refractivity contribution in [2.45, 2.75) is 13.8 Å². The highest BCUT2D eigenvalue weighted by Crippen LogP contribution is 2.24. The average molecular weight is 360 g/mol. The molecule has 27 heavy (non-hydrogen) atoms. The van der Waals surface area contributed by atoms with Gasteiger partial charge in [-0.15, -0.1) is 0 Å². The molecule has 3 rings (SSSR count). The third-order valence-electron chi connectivity index (χ3n) is 4.38. The lowest BCUT2D eigenvalue weighted by molar-refractivity contribution is 0.0696. The van der Waals surface area contributed by atoms with Crippen molar-refractivity contribution in [2.24, 2.45) is 4.99 Å². The summed E-state index contributed by atoms with van der Waals surface area (Å²) < 4.78 is 1.80. The van der Waals surface area contributed by atoms with Crippen LogP contribution in [0.1, 0.15) is 37.7 Å². The minimum Gasteiger partial charge on any atom is -0.478 e. The maximum Gasteiger partial charge on any atom is 0.337 e. The van der Waals surface area contributed by atoms with Crippen molar-refractivity contribution in [3.8, 4) is 5.69 Å². The summed E-state index contributed by atoms with van der Waals surface area (Å²) in [4.78, 5) is 28.4. The van der Waals surface area contributed by atoms with Crippen molar-refractivity contribution in [1.82, 2.24) is 4.57 Å². The molecule has 5 nitrogen and oxygen atoms in total. The van der Waals surface area contributed by atoms with Gasteiger partial charge in [-0.2, -0.15) is 0 Å². The molecule has 0 saturated carbocycles. The number of carboxylic acids is 1. The van der Waals surface area contributed by atoms with Gasteiger partial charge in [0, 0.05) is 23.2 Å². The molecule has 0 fully saturated rings. The second kappa shape index (κ2) is 7.83. The van der Waals surface area contributed by atoms with Crippen LogP contribution in [-0.2, 0) is 0 Å². The Kier molecular flexibility index (Phi) is 5.31. The smallest absolute Gasteiger partial charge is 0.337 e. The van der Waals surface area contributed by atoms with Crippen molar-refractivity contribution in [1.29, 1.82) is 0 Å². The number of benzene rings is 2. The molecule has 0 aliphatic carbocycles. The summed E-state index contributed by atoms with van der Waals surface area (Å²) in [5.74, 6) is -1.10. The number of aryl methyl sites for hydroxylation is 1. The summed E-state index contributed by atoms with van der Waals surface area (Å²) in [6, 6.07) is 18.1. The molecule has 0 amide bonds. The fourth-order valence-corrected chi connectivity index (χ4v) is 3.12. The quantitative estimate of drug-likeness (QED) is 0.531. The highest BCUT2D eigenvalue weighted by Gasteiger charge is 2.19. The van der Waals surface area contributed by atoms with E-state index in [-0.39, 0.29) is 17.9 Å².